The van der Waals surface area contributed by atoms with Crippen molar-refractivity contribution < 1.29 is 4.79 Å². The molecule has 0 saturated heterocycles. The molecule has 1 aromatic rings. The van der Waals surface area contributed by atoms with Crippen molar-refractivity contribution in [3.05, 3.63) is 29.6 Å². The van der Waals surface area contributed by atoms with E-state index in [2.05, 4.69) is 4.98 Å². The van der Waals surface area contributed by atoms with Crippen molar-refractivity contribution in [2.24, 2.45) is 5.92 Å². The second-order valence-corrected chi connectivity index (χ2v) is 3.95. The Balaban J connectivity index is 1.95. The first kappa shape index (κ1) is 9.85. The summed E-state index contributed by atoms with van der Waals surface area (Å²) in [6, 6.07) is 5.20. The van der Waals surface area contributed by atoms with Crippen molar-refractivity contribution in [3.8, 4) is 6.07 Å². The van der Waals surface area contributed by atoms with Crippen molar-refractivity contribution in [1.29, 1.82) is 5.26 Å². The van der Waals surface area contributed by atoms with E-state index in [1.165, 1.54) is 19.0 Å². The summed E-state index contributed by atoms with van der Waals surface area (Å²) in [7, 11) is 0. The molecule has 0 amide bonds. The van der Waals surface area contributed by atoms with Crippen LogP contribution < -0.4 is 0 Å². The standard InChI is InChI=1S/C12H12N2O/c13-7-11-5-4-10(8-14-11)12(15)6-3-9-1-2-9/h4-5,8-9H,1-3,6H2. The van der Waals surface area contributed by atoms with Gasteiger partial charge in [-0.3, -0.25) is 4.79 Å². The molecule has 1 aliphatic rings. The van der Waals surface area contributed by atoms with E-state index in [1.54, 1.807) is 12.1 Å². The molecule has 1 saturated carbocycles. The minimum Gasteiger partial charge on any atom is -0.294 e. The SMILES string of the molecule is N#Cc1ccc(C(=O)CCC2CC2)cn1. The van der Waals surface area contributed by atoms with Crippen LogP contribution in [0.15, 0.2) is 18.3 Å². The molecule has 1 heterocycles. The van der Waals surface area contributed by atoms with Gasteiger partial charge in [0, 0.05) is 18.2 Å². The van der Waals surface area contributed by atoms with Crippen molar-refractivity contribution in [2.45, 2.75) is 25.7 Å². The highest BCUT2D eigenvalue weighted by atomic mass is 16.1. The number of hydrogen-bond acceptors (Lipinski definition) is 3. The van der Waals surface area contributed by atoms with Gasteiger partial charge in [0.25, 0.3) is 0 Å². The summed E-state index contributed by atoms with van der Waals surface area (Å²) in [5.74, 6) is 0.916. The van der Waals surface area contributed by atoms with Crippen LogP contribution in [0.4, 0.5) is 0 Å². The van der Waals surface area contributed by atoms with E-state index in [4.69, 9.17) is 5.26 Å². The van der Waals surface area contributed by atoms with Crippen LogP contribution in [0.25, 0.3) is 0 Å². The zero-order valence-corrected chi connectivity index (χ0v) is 8.44. The Morgan fingerprint density at radius 2 is 2.33 bits per heavy atom. The minimum absolute atomic E-state index is 0.138. The smallest absolute Gasteiger partial charge is 0.164 e. The van der Waals surface area contributed by atoms with Crippen LogP contribution in [0.5, 0.6) is 0 Å². The second kappa shape index (κ2) is 4.22. The predicted octanol–water partition coefficient (Wildman–Crippen LogP) is 2.33. The Morgan fingerprint density at radius 1 is 1.53 bits per heavy atom. The molecule has 0 N–H and O–H groups in total. The van der Waals surface area contributed by atoms with E-state index < -0.39 is 0 Å². The van der Waals surface area contributed by atoms with E-state index in [-0.39, 0.29) is 5.78 Å². The van der Waals surface area contributed by atoms with Gasteiger partial charge < -0.3 is 0 Å². The zero-order chi connectivity index (χ0) is 10.7. The van der Waals surface area contributed by atoms with Crippen LogP contribution in [-0.4, -0.2) is 10.8 Å². The quantitative estimate of drug-likeness (QED) is 0.701. The number of hydrogen-bond donors (Lipinski definition) is 0. The molecule has 1 fully saturated rings. The highest BCUT2D eigenvalue weighted by molar-refractivity contribution is 5.95. The first-order valence-corrected chi connectivity index (χ1v) is 5.19. The fraction of sp³-hybridized carbons (Fsp3) is 0.417. The van der Waals surface area contributed by atoms with Crippen LogP contribution in [0.3, 0.4) is 0 Å². The molecule has 2 rings (SSSR count). The lowest BCUT2D eigenvalue weighted by Gasteiger charge is -1.99. The molecule has 0 radical (unpaired) electrons. The minimum atomic E-state index is 0.138. The highest BCUT2D eigenvalue weighted by Gasteiger charge is 2.22. The first-order chi connectivity index (χ1) is 7.29. The van der Waals surface area contributed by atoms with Crippen molar-refractivity contribution in [3.63, 3.8) is 0 Å². The number of nitrogens with zero attached hydrogens (tertiary/aromatic N) is 2. The molecule has 1 aliphatic carbocycles. The van der Waals surface area contributed by atoms with E-state index in [1.807, 2.05) is 6.07 Å². The van der Waals surface area contributed by atoms with Gasteiger partial charge in [-0.05, 0) is 24.5 Å². The second-order valence-electron chi connectivity index (χ2n) is 3.95. The molecule has 76 valence electrons. The Labute approximate surface area is 88.8 Å². The third-order valence-electron chi connectivity index (χ3n) is 2.68. The van der Waals surface area contributed by atoms with Gasteiger partial charge in [0.15, 0.2) is 5.78 Å². The lowest BCUT2D eigenvalue weighted by Crippen LogP contribution is -2.00. The van der Waals surface area contributed by atoms with Gasteiger partial charge in [-0.1, -0.05) is 12.8 Å². The fourth-order valence-corrected chi connectivity index (χ4v) is 1.51. The number of pyridine rings is 1. The third-order valence-corrected chi connectivity index (χ3v) is 2.68. The van der Waals surface area contributed by atoms with Gasteiger partial charge in [-0.25, -0.2) is 4.98 Å². The Bertz CT molecular complexity index is 399. The summed E-state index contributed by atoms with van der Waals surface area (Å²) in [6.07, 6.45) is 5.66. The lowest BCUT2D eigenvalue weighted by molar-refractivity contribution is 0.0977. The maximum atomic E-state index is 11.7. The van der Waals surface area contributed by atoms with Crippen molar-refractivity contribution >= 4 is 5.78 Å². The summed E-state index contributed by atoms with van der Waals surface area (Å²) in [5, 5.41) is 8.55. The number of carbonyl (C=O) groups is 1. The molecule has 0 atom stereocenters. The Morgan fingerprint density at radius 3 is 2.87 bits per heavy atom. The third kappa shape index (κ3) is 2.63. The van der Waals surface area contributed by atoms with Crippen molar-refractivity contribution in [1.82, 2.24) is 4.98 Å². The zero-order valence-electron chi connectivity index (χ0n) is 8.44. The summed E-state index contributed by atoms with van der Waals surface area (Å²) < 4.78 is 0. The molecular weight excluding hydrogens is 188 g/mol. The van der Waals surface area contributed by atoms with Crippen LogP contribution in [0.1, 0.15) is 41.7 Å². The lowest BCUT2D eigenvalue weighted by atomic mass is 10.1. The number of Topliss-reactive ketones (excluding diaryl/α,β-unsaturated/α-hetero) is 1. The highest BCUT2D eigenvalue weighted by Crippen LogP contribution is 2.33. The van der Waals surface area contributed by atoms with Crippen LogP contribution in [0.2, 0.25) is 0 Å². The van der Waals surface area contributed by atoms with Gasteiger partial charge in [0.1, 0.15) is 11.8 Å². The van der Waals surface area contributed by atoms with E-state index in [0.29, 0.717) is 17.7 Å². The molecule has 1 aromatic heterocycles. The summed E-state index contributed by atoms with van der Waals surface area (Å²) >= 11 is 0. The molecule has 0 bridgehead atoms. The molecular formula is C12H12N2O. The number of carbonyl (C=O) groups excluding carboxylic acids is 1. The maximum Gasteiger partial charge on any atom is 0.164 e. The monoisotopic (exact) mass is 200 g/mol. The summed E-state index contributed by atoms with van der Waals surface area (Å²) in [4.78, 5) is 15.5. The number of ketones is 1. The molecule has 0 unspecified atom stereocenters. The average molecular weight is 200 g/mol. The number of rotatable bonds is 4. The molecule has 0 aromatic carbocycles. The van der Waals surface area contributed by atoms with Crippen LogP contribution >= 0.6 is 0 Å². The van der Waals surface area contributed by atoms with Crippen molar-refractivity contribution in [2.75, 3.05) is 0 Å². The number of aromatic nitrogens is 1. The first-order valence-electron chi connectivity index (χ1n) is 5.19. The topological polar surface area (TPSA) is 53.8 Å². The normalized spacial score (nSPS) is 14.6. The fourth-order valence-electron chi connectivity index (χ4n) is 1.51. The van der Waals surface area contributed by atoms with Gasteiger partial charge in [-0.15, -0.1) is 0 Å². The van der Waals surface area contributed by atoms with Gasteiger partial charge in [-0.2, -0.15) is 5.26 Å². The van der Waals surface area contributed by atoms with E-state index in [0.717, 1.165) is 12.3 Å². The largest absolute Gasteiger partial charge is 0.294 e. The van der Waals surface area contributed by atoms with Crippen LogP contribution in [0, 0.1) is 17.2 Å². The molecule has 0 spiro atoms. The Kier molecular flexibility index (Phi) is 2.77. The Hall–Kier alpha value is -1.69. The van der Waals surface area contributed by atoms with Gasteiger partial charge >= 0.3 is 0 Å². The van der Waals surface area contributed by atoms with E-state index >= 15 is 0 Å². The molecule has 3 nitrogen and oxygen atoms in total. The summed E-state index contributed by atoms with van der Waals surface area (Å²) in [6.45, 7) is 0. The van der Waals surface area contributed by atoms with E-state index in [9.17, 15) is 4.79 Å². The molecule has 15 heavy (non-hydrogen) atoms. The van der Waals surface area contributed by atoms with Crippen LogP contribution in [-0.2, 0) is 0 Å². The van der Waals surface area contributed by atoms with Gasteiger partial charge in [0.2, 0.25) is 0 Å². The van der Waals surface area contributed by atoms with Gasteiger partial charge in [0.05, 0.1) is 0 Å². The number of nitriles is 1. The maximum absolute atomic E-state index is 11.7. The molecule has 0 aliphatic heterocycles. The predicted molar refractivity (Wildman–Crippen MR) is 55.2 cm³/mol. The average Bonchev–Trinajstić information content (AvgIpc) is 3.10. The molecule has 3 heteroatoms. The summed E-state index contributed by atoms with van der Waals surface area (Å²) in [5.41, 5.74) is 0.975.